The molecule has 94 valence electrons. The minimum Gasteiger partial charge on any atom is -0.366 e. The van der Waals surface area contributed by atoms with Gasteiger partial charge < -0.3 is 15.0 Å². The van der Waals surface area contributed by atoms with Gasteiger partial charge in [-0.1, -0.05) is 5.92 Å². The van der Waals surface area contributed by atoms with E-state index in [0.717, 1.165) is 32.7 Å². The van der Waals surface area contributed by atoms with Gasteiger partial charge in [0.1, 0.15) is 6.10 Å². The normalized spacial score (nSPS) is 26.5. The van der Waals surface area contributed by atoms with Gasteiger partial charge in [0.2, 0.25) is 0 Å². The minimum atomic E-state index is -0.338. The number of carbonyl (C=O) groups excluding carboxylic acids is 1. The zero-order chi connectivity index (χ0) is 12.1. The molecular formula is C12H19N3O2. The van der Waals surface area contributed by atoms with E-state index >= 15 is 0 Å². The monoisotopic (exact) mass is 237 g/mol. The second-order valence-corrected chi connectivity index (χ2v) is 4.37. The van der Waals surface area contributed by atoms with Crippen LogP contribution in [0.5, 0.6) is 0 Å². The molecule has 5 heteroatoms. The molecule has 2 saturated heterocycles. The molecule has 2 heterocycles. The molecule has 2 aliphatic rings. The van der Waals surface area contributed by atoms with Gasteiger partial charge >= 0.3 is 0 Å². The number of nitrogens with one attached hydrogen (secondary N) is 1. The predicted molar refractivity (Wildman–Crippen MR) is 64.5 cm³/mol. The van der Waals surface area contributed by atoms with Gasteiger partial charge in [0.25, 0.3) is 5.91 Å². The Morgan fingerprint density at radius 2 is 2.18 bits per heavy atom. The molecule has 2 aliphatic heterocycles. The Morgan fingerprint density at radius 3 is 2.88 bits per heavy atom. The van der Waals surface area contributed by atoms with Crippen LogP contribution in [0.25, 0.3) is 0 Å². The summed E-state index contributed by atoms with van der Waals surface area (Å²) in [5, 5.41) is 3.23. The molecule has 2 fully saturated rings. The van der Waals surface area contributed by atoms with Crippen molar-refractivity contribution in [3.63, 3.8) is 0 Å². The number of ether oxygens (including phenoxy) is 1. The quantitative estimate of drug-likeness (QED) is 0.610. The van der Waals surface area contributed by atoms with Crippen LogP contribution in [0.15, 0.2) is 0 Å². The lowest BCUT2D eigenvalue weighted by atomic mass is 10.2. The Hall–Kier alpha value is -1.09. The zero-order valence-electron chi connectivity index (χ0n) is 10.0. The molecule has 0 aromatic heterocycles. The van der Waals surface area contributed by atoms with Crippen LogP contribution in [-0.4, -0.2) is 74.2 Å². The lowest BCUT2D eigenvalue weighted by Crippen LogP contribution is -2.55. The van der Waals surface area contributed by atoms with Gasteiger partial charge in [-0.25, -0.2) is 0 Å². The molecule has 5 nitrogen and oxygen atoms in total. The van der Waals surface area contributed by atoms with E-state index in [-0.39, 0.29) is 12.0 Å². The fourth-order valence-electron chi connectivity index (χ4n) is 2.21. The SMILES string of the molecule is C#CCN1CCOC(C(=O)N2CCNCC2)C1. The van der Waals surface area contributed by atoms with Gasteiger partial charge in [-0.05, 0) is 0 Å². The van der Waals surface area contributed by atoms with E-state index in [1.165, 1.54) is 0 Å². The van der Waals surface area contributed by atoms with Crippen molar-refractivity contribution >= 4 is 5.91 Å². The molecule has 0 aromatic carbocycles. The summed E-state index contributed by atoms with van der Waals surface area (Å²) in [7, 11) is 0. The molecule has 1 atom stereocenters. The number of hydrogen-bond acceptors (Lipinski definition) is 4. The van der Waals surface area contributed by atoms with E-state index in [2.05, 4.69) is 16.1 Å². The largest absolute Gasteiger partial charge is 0.366 e. The highest BCUT2D eigenvalue weighted by molar-refractivity contribution is 5.81. The summed E-state index contributed by atoms with van der Waals surface area (Å²) in [5.41, 5.74) is 0. The summed E-state index contributed by atoms with van der Waals surface area (Å²) in [5.74, 6) is 2.72. The van der Waals surface area contributed by atoms with E-state index in [4.69, 9.17) is 11.2 Å². The Labute approximate surface area is 102 Å². The number of hydrogen-bond donors (Lipinski definition) is 1. The summed E-state index contributed by atoms with van der Waals surface area (Å²) in [4.78, 5) is 16.2. The summed E-state index contributed by atoms with van der Waals surface area (Å²) >= 11 is 0. The van der Waals surface area contributed by atoms with E-state index < -0.39 is 0 Å². The predicted octanol–water partition coefficient (Wildman–Crippen LogP) is -1.25. The maximum atomic E-state index is 12.2. The van der Waals surface area contributed by atoms with Gasteiger partial charge in [0.05, 0.1) is 13.2 Å². The summed E-state index contributed by atoms with van der Waals surface area (Å²) in [6.07, 6.45) is 4.95. The van der Waals surface area contributed by atoms with Crippen LogP contribution in [0.1, 0.15) is 0 Å². The van der Waals surface area contributed by atoms with E-state index in [1.54, 1.807) is 0 Å². The molecule has 2 rings (SSSR count). The van der Waals surface area contributed by atoms with Gasteiger partial charge in [-0.15, -0.1) is 6.42 Å². The Morgan fingerprint density at radius 1 is 1.41 bits per heavy atom. The fourth-order valence-corrected chi connectivity index (χ4v) is 2.21. The van der Waals surface area contributed by atoms with Crippen molar-refractivity contribution in [2.45, 2.75) is 6.10 Å². The van der Waals surface area contributed by atoms with Crippen molar-refractivity contribution in [3.05, 3.63) is 0 Å². The number of amides is 1. The molecule has 1 unspecified atom stereocenters. The topological polar surface area (TPSA) is 44.8 Å². The molecule has 1 amide bonds. The van der Waals surface area contributed by atoms with Gasteiger partial charge in [-0.2, -0.15) is 0 Å². The number of piperazine rings is 1. The van der Waals surface area contributed by atoms with Crippen LogP contribution in [0.4, 0.5) is 0 Å². The summed E-state index contributed by atoms with van der Waals surface area (Å²) in [6, 6.07) is 0. The highest BCUT2D eigenvalue weighted by atomic mass is 16.5. The van der Waals surface area contributed by atoms with Crippen molar-refractivity contribution in [2.75, 3.05) is 52.4 Å². The number of nitrogens with zero attached hydrogens (tertiary/aromatic N) is 2. The van der Waals surface area contributed by atoms with Crippen LogP contribution in [0, 0.1) is 12.3 Å². The van der Waals surface area contributed by atoms with E-state index in [1.807, 2.05) is 4.90 Å². The maximum absolute atomic E-state index is 12.2. The first-order chi connectivity index (χ1) is 8.31. The molecule has 1 N–H and O–H groups in total. The van der Waals surface area contributed by atoms with Crippen molar-refractivity contribution in [3.8, 4) is 12.3 Å². The van der Waals surface area contributed by atoms with Crippen molar-refractivity contribution in [1.29, 1.82) is 0 Å². The van der Waals surface area contributed by atoms with Crippen molar-refractivity contribution in [2.24, 2.45) is 0 Å². The van der Waals surface area contributed by atoms with Crippen LogP contribution >= 0.6 is 0 Å². The lowest BCUT2D eigenvalue weighted by Gasteiger charge is -2.35. The van der Waals surface area contributed by atoms with Crippen molar-refractivity contribution < 1.29 is 9.53 Å². The second-order valence-electron chi connectivity index (χ2n) is 4.37. The first kappa shape index (κ1) is 12.4. The molecule has 0 radical (unpaired) electrons. The van der Waals surface area contributed by atoms with E-state index in [0.29, 0.717) is 19.7 Å². The Bertz CT molecular complexity index is 307. The standard InChI is InChI=1S/C12H19N3O2/c1-2-5-14-8-9-17-11(10-14)12(16)15-6-3-13-4-7-15/h1,11,13H,3-10H2. The minimum absolute atomic E-state index is 0.105. The summed E-state index contributed by atoms with van der Waals surface area (Å²) in [6.45, 7) is 5.89. The molecule has 17 heavy (non-hydrogen) atoms. The first-order valence-electron chi connectivity index (χ1n) is 6.08. The van der Waals surface area contributed by atoms with Gasteiger partial charge in [0, 0.05) is 39.3 Å². The average Bonchev–Trinajstić information content (AvgIpc) is 2.40. The Balaban J connectivity index is 1.87. The third kappa shape index (κ3) is 3.19. The van der Waals surface area contributed by atoms with Gasteiger partial charge in [-0.3, -0.25) is 9.69 Å². The third-order valence-corrected chi connectivity index (χ3v) is 3.17. The third-order valence-electron chi connectivity index (χ3n) is 3.17. The first-order valence-corrected chi connectivity index (χ1v) is 6.08. The number of terminal acetylenes is 1. The van der Waals surface area contributed by atoms with Crippen LogP contribution in [0.3, 0.4) is 0 Å². The van der Waals surface area contributed by atoms with Crippen molar-refractivity contribution in [1.82, 2.24) is 15.1 Å². The summed E-state index contributed by atoms with van der Waals surface area (Å²) < 4.78 is 5.55. The van der Waals surface area contributed by atoms with Gasteiger partial charge in [0.15, 0.2) is 0 Å². The highest BCUT2D eigenvalue weighted by Gasteiger charge is 2.30. The molecule has 0 aromatic rings. The van der Waals surface area contributed by atoms with Crippen LogP contribution in [0.2, 0.25) is 0 Å². The number of morpholine rings is 1. The second kappa shape index (κ2) is 6.01. The number of carbonyl (C=O) groups is 1. The highest BCUT2D eigenvalue weighted by Crippen LogP contribution is 2.08. The molecule has 0 spiro atoms. The fraction of sp³-hybridized carbons (Fsp3) is 0.750. The lowest BCUT2D eigenvalue weighted by molar-refractivity contribution is -0.149. The van der Waals surface area contributed by atoms with Crippen LogP contribution in [-0.2, 0) is 9.53 Å². The number of rotatable bonds is 2. The molecule has 0 saturated carbocycles. The Kier molecular flexibility index (Phi) is 4.37. The molecule has 0 aliphatic carbocycles. The average molecular weight is 237 g/mol. The zero-order valence-corrected chi connectivity index (χ0v) is 10.0. The smallest absolute Gasteiger partial charge is 0.253 e. The maximum Gasteiger partial charge on any atom is 0.253 e. The van der Waals surface area contributed by atoms with Crippen LogP contribution < -0.4 is 5.32 Å². The van der Waals surface area contributed by atoms with E-state index in [9.17, 15) is 4.79 Å². The molecule has 0 bridgehead atoms. The molecular weight excluding hydrogens is 218 g/mol.